The molecule has 0 bridgehead atoms. The van der Waals surface area contributed by atoms with Crippen LogP contribution in [0.25, 0.3) is 0 Å². The largest absolute Gasteiger partial charge is 0.326 e. The zero-order valence-corrected chi connectivity index (χ0v) is 13.5. The highest BCUT2D eigenvalue weighted by Gasteiger charge is 2.29. The van der Waals surface area contributed by atoms with Crippen molar-refractivity contribution >= 4 is 35.1 Å². The standard InChI is InChI=1S/C14H19ClFNS2/c1-8-9(2)19-13(7-18-8)12(17)6-10-4-3-5-11(16)14(10)15/h3-5,8-9,12-13H,6-7,17H2,1-2H3. The Balaban J connectivity index is 2.01. The Hall–Kier alpha value is 0.1000. The monoisotopic (exact) mass is 319 g/mol. The van der Waals surface area contributed by atoms with Gasteiger partial charge < -0.3 is 5.73 Å². The number of hydrogen-bond donors (Lipinski definition) is 1. The zero-order chi connectivity index (χ0) is 14.0. The van der Waals surface area contributed by atoms with Crippen molar-refractivity contribution in [3.05, 3.63) is 34.6 Å². The third kappa shape index (κ3) is 3.81. The van der Waals surface area contributed by atoms with E-state index in [1.807, 2.05) is 29.6 Å². The van der Waals surface area contributed by atoms with Crippen molar-refractivity contribution in [3.63, 3.8) is 0 Å². The van der Waals surface area contributed by atoms with Gasteiger partial charge in [0.25, 0.3) is 0 Å². The number of thioether (sulfide) groups is 2. The van der Waals surface area contributed by atoms with Gasteiger partial charge in [0.05, 0.1) is 5.02 Å². The molecular weight excluding hydrogens is 301 g/mol. The van der Waals surface area contributed by atoms with Crippen molar-refractivity contribution in [2.75, 3.05) is 5.75 Å². The fourth-order valence-electron chi connectivity index (χ4n) is 2.12. The summed E-state index contributed by atoms with van der Waals surface area (Å²) in [5, 5.41) is 1.91. The molecule has 0 aliphatic carbocycles. The van der Waals surface area contributed by atoms with Gasteiger partial charge in [0, 0.05) is 27.5 Å². The van der Waals surface area contributed by atoms with Crippen LogP contribution in [0.2, 0.25) is 5.02 Å². The number of halogens is 2. The topological polar surface area (TPSA) is 26.0 Å². The zero-order valence-electron chi connectivity index (χ0n) is 11.1. The van der Waals surface area contributed by atoms with Crippen LogP contribution in [0.3, 0.4) is 0 Å². The lowest BCUT2D eigenvalue weighted by atomic mass is 10.0. The molecule has 0 radical (unpaired) electrons. The van der Waals surface area contributed by atoms with E-state index < -0.39 is 0 Å². The molecule has 1 aromatic carbocycles. The third-order valence-corrected chi connectivity index (χ3v) is 7.53. The first-order chi connectivity index (χ1) is 8.99. The lowest BCUT2D eigenvalue weighted by Crippen LogP contribution is -2.41. The van der Waals surface area contributed by atoms with E-state index in [0.717, 1.165) is 11.3 Å². The predicted octanol–water partition coefficient (Wildman–Crippen LogP) is 3.97. The fourth-order valence-corrected chi connectivity index (χ4v) is 5.39. The maximum absolute atomic E-state index is 13.4. The molecule has 1 aliphatic rings. The second-order valence-electron chi connectivity index (χ2n) is 5.00. The molecule has 1 saturated heterocycles. The maximum Gasteiger partial charge on any atom is 0.142 e. The molecule has 0 amide bonds. The summed E-state index contributed by atoms with van der Waals surface area (Å²) in [4.78, 5) is 0. The van der Waals surface area contributed by atoms with Crippen LogP contribution in [-0.4, -0.2) is 27.5 Å². The third-order valence-electron chi connectivity index (χ3n) is 3.54. The van der Waals surface area contributed by atoms with Crippen LogP contribution < -0.4 is 5.73 Å². The second kappa shape index (κ2) is 6.70. The maximum atomic E-state index is 13.4. The van der Waals surface area contributed by atoms with E-state index in [2.05, 4.69) is 13.8 Å². The lowest BCUT2D eigenvalue weighted by Gasteiger charge is -2.34. The average molecular weight is 320 g/mol. The number of benzene rings is 1. The highest BCUT2D eigenvalue weighted by Crippen LogP contribution is 2.37. The lowest BCUT2D eigenvalue weighted by molar-refractivity contribution is 0.617. The van der Waals surface area contributed by atoms with Crippen LogP contribution in [0.5, 0.6) is 0 Å². The molecule has 106 valence electrons. The van der Waals surface area contributed by atoms with Gasteiger partial charge in [-0.1, -0.05) is 37.6 Å². The molecule has 4 unspecified atom stereocenters. The van der Waals surface area contributed by atoms with E-state index in [9.17, 15) is 4.39 Å². The second-order valence-corrected chi connectivity index (χ2v) is 8.41. The van der Waals surface area contributed by atoms with Crippen LogP contribution in [0.15, 0.2) is 18.2 Å². The highest BCUT2D eigenvalue weighted by atomic mass is 35.5. The van der Waals surface area contributed by atoms with Gasteiger partial charge in [0.2, 0.25) is 0 Å². The van der Waals surface area contributed by atoms with Gasteiger partial charge in [-0.3, -0.25) is 0 Å². The molecule has 2 N–H and O–H groups in total. The predicted molar refractivity (Wildman–Crippen MR) is 85.9 cm³/mol. The summed E-state index contributed by atoms with van der Waals surface area (Å²) < 4.78 is 13.4. The van der Waals surface area contributed by atoms with E-state index in [0.29, 0.717) is 22.2 Å². The Morgan fingerprint density at radius 1 is 1.42 bits per heavy atom. The van der Waals surface area contributed by atoms with Gasteiger partial charge in [0.1, 0.15) is 5.82 Å². The number of hydrogen-bond acceptors (Lipinski definition) is 3. The van der Waals surface area contributed by atoms with Gasteiger partial charge >= 0.3 is 0 Å². The molecule has 0 spiro atoms. The van der Waals surface area contributed by atoms with Crippen molar-refractivity contribution in [2.24, 2.45) is 5.73 Å². The Morgan fingerprint density at radius 3 is 2.84 bits per heavy atom. The first kappa shape index (κ1) is 15.5. The molecule has 1 aliphatic heterocycles. The summed E-state index contributed by atoms with van der Waals surface area (Å²) in [5.41, 5.74) is 7.10. The quantitative estimate of drug-likeness (QED) is 0.912. The van der Waals surface area contributed by atoms with E-state index in [1.165, 1.54) is 6.07 Å². The van der Waals surface area contributed by atoms with Gasteiger partial charge in [-0.15, -0.1) is 0 Å². The SMILES string of the molecule is CC1SCC(C(N)Cc2cccc(F)c2Cl)SC1C. The summed E-state index contributed by atoms with van der Waals surface area (Å²) in [6.07, 6.45) is 0.635. The molecule has 5 heteroatoms. The first-order valence-corrected chi connectivity index (χ1v) is 8.81. The molecule has 1 aromatic rings. The van der Waals surface area contributed by atoms with Crippen molar-refractivity contribution in [1.29, 1.82) is 0 Å². The minimum absolute atomic E-state index is 0.0201. The Bertz CT molecular complexity index is 443. The van der Waals surface area contributed by atoms with Crippen LogP contribution >= 0.6 is 35.1 Å². The summed E-state index contributed by atoms with van der Waals surface area (Å²) >= 11 is 9.91. The van der Waals surface area contributed by atoms with Gasteiger partial charge in [-0.05, 0) is 18.1 Å². The van der Waals surface area contributed by atoms with Crippen LogP contribution in [0.4, 0.5) is 4.39 Å². The van der Waals surface area contributed by atoms with Crippen molar-refractivity contribution in [1.82, 2.24) is 0 Å². The summed E-state index contributed by atoms with van der Waals surface area (Å²) in [6.45, 7) is 4.50. The Morgan fingerprint density at radius 2 is 2.16 bits per heavy atom. The molecule has 19 heavy (non-hydrogen) atoms. The molecular formula is C14H19ClFNS2. The van der Waals surface area contributed by atoms with E-state index in [4.69, 9.17) is 17.3 Å². The molecule has 1 fully saturated rings. The Kier molecular flexibility index (Phi) is 5.46. The molecule has 0 saturated carbocycles. The molecule has 2 rings (SSSR count). The van der Waals surface area contributed by atoms with Gasteiger partial charge in [0.15, 0.2) is 0 Å². The van der Waals surface area contributed by atoms with Crippen LogP contribution in [0.1, 0.15) is 19.4 Å². The summed E-state index contributed by atoms with van der Waals surface area (Å²) in [6, 6.07) is 4.95. The van der Waals surface area contributed by atoms with E-state index >= 15 is 0 Å². The van der Waals surface area contributed by atoms with Crippen molar-refractivity contribution in [3.8, 4) is 0 Å². The smallest absolute Gasteiger partial charge is 0.142 e. The molecule has 1 nitrogen and oxygen atoms in total. The highest BCUT2D eigenvalue weighted by molar-refractivity contribution is 8.07. The summed E-state index contributed by atoms with van der Waals surface area (Å²) in [7, 11) is 0. The van der Waals surface area contributed by atoms with E-state index in [1.54, 1.807) is 6.07 Å². The molecule has 1 heterocycles. The van der Waals surface area contributed by atoms with Gasteiger partial charge in [-0.25, -0.2) is 4.39 Å². The normalized spacial score (nSPS) is 29.2. The average Bonchev–Trinajstić information content (AvgIpc) is 2.38. The van der Waals surface area contributed by atoms with Crippen LogP contribution in [-0.2, 0) is 6.42 Å². The Labute approximate surface area is 127 Å². The van der Waals surface area contributed by atoms with Crippen molar-refractivity contribution in [2.45, 2.75) is 42.1 Å². The van der Waals surface area contributed by atoms with Gasteiger partial charge in [-0.2, -0.15) is 23.5 Å². The van der Waals surface area contributed by atoms with E-state index in [-0.39, 0.29) is 16.9 Å². The minimum atomic E-state index is -0.362. The van der Waals surface area contributed by atoms with Crippen LogP contribution in [0, 0.1) is 5.82 Å². The summed E-state index contributed by atoms with van der Waals surface area (Å²) in [5.74, 6) is 0.698. The fraction of sp³-hybridized carbons (Fsp3) is 0.571. The first-order valence-electron chi connectivity index (χ1n) is 6.44. The molecule has 0 aromatic heterocycles. The minimum Gasteiger partial charge on any atom is -0.326 e. The number of rotatable bonds is 3. The molecule has 4 atom stereocenters. The van der Waals surface area contributed by atoms with Crippen molar-refractivity contribution < 1.29 is 4.39 Å². The number of nitrogens with two attached hydrogens (primary N) is 1.